The molecule has 0 amide bonds. The van der Waals surface area contributed by atoms with Crippen molar-refractivity contribution < 1.29 is 8.42 Å². The van der Waals surface area contributed by atoms with Gasteiger partial charge in [-0.3, -0.25) is 0 Å². The number of nitrogens with two attached hydrogens (primary N) is 1. The Morgan fingerprint density at radius 1 is 1.56 bits per heavy atom. The third-order valence-electron chi connectivity index (χ3n) is 1.89. The van der Waals surface area contributed by atoms with Crippen molar-refractivity contribution in [3.05, 3.63) is 12.5 Å². The van der Waals surface area contributed by atoms with Gasteiger partial charge < -0.3 is 10.3 Å². The van der Waals surface area contributed by atoms with Crippen LogP contribution in [0.2, 0.25) is 0 Å². The Kier molecular flexibility index (Phi) is 5.95. The minimum Gasteiger partial charge on any atom is -0.334 e. The van der Waals surface area contributed by atoms with Gasteiger partial charge in [0.25, 0.3) is 10.0 Å². The van der Waals surface area contributed by atoms with E-state index >= 15 is 0 Å². The zero-order valence-electron chi connectivity index (χ0n) is 9.25. The SMILES string of the molecule is CC(C)n1cnc(S(=O)(=O)NCCN)c1.Cl. The number of rotatable bonds is 5. The van der Waals surface area contributed by atoms with E-state index in [0.717, 1.165) is 0 Å². The average Bonchev–Trinajstić information content (AvgIpc) is 2.64. The summed E-state index contributed by atoms with van der Waals surface area (Å²) in [4.78, 5) is 3.83. The summed E-state index contributed by atoms with van der Waals surface area (Å²) in [7, 11) is -3.50. The summed E-state index contributed by atoms with van der Waals surface area (Å²) < 4.78 is 27.3. The van der Waals surface area contributed by atoms with E-state index in [1.165, 1.54) is 12.5 Å². The largest absolute Gasteiger partial charge is 0.334 e. The van der Waals surface area contributed by atoms with Crippen LogP contribution in [0.3, 0.4) is 0 Å². The maximum absolute atomic E-state index is 11.6. The van der Waals surface area contributed by atoms with Crippen LogP contribution in [0.1, 0.15) is 19.9 Å². The molecular formula is C8H17ClN4O2S. The van der Waals surface area contributed by atoms with Gasteiger partial charge in [-0.15, -0.1) is 12.4 Å². The summed E-state index contributed by atoms with van der Waals surface area (Å²) in [5, 5.41) is 0.0321. The monoisotopic (exact) mass is 268 g/mol. The molecule has 0 spiro atoms. The van der Waals surface area contributed by atoms with Crippen LogP contribution < -0.4 is 10.5 Å². The minimum atomic E-state index is -3.50. The lowest BCUT2D eigenvalue weighted by atomic mass is 10.4. The zero-order chi connectivity index (χ0) is 11.5. The third kappa shape index (κ3) is 3.75. The number of sulfonamides is 1. The molecule has 0 aromatic carbocycles. The van der Waals surface area contributed by atoms with E-state index in [-0.39, 0.29) is 36.6 Å². The van der Waals surface area contributed by atoms with Gasteiger partial charge in [0.2, 0.25) is 0 Å². The molecule has 1 aromatic rings. The normalized spacial score (nSPS) is 11.5. The molecule has 0 radical (unpaired) electrons. The summed E-state index contributed by atoms with van der Waals surface area (Å²) in [6.07, 6.45) is 3.01. The van der Waals surface area contributed by atoms with Gasteiger partial charge in [0.05, 0.1) is 6.33 Å². The molecule has 0 aliphatic heterocycles. The molecule has 0 saturated heterocycles. The highest BCUT2D eigenvalue weighted by atomic mass is 35.5. The zero-order valence-corrected chi connectivity index (χ0v) is 10.9. The summed E-state index contributed by atoms with van der Waals surface area (Å²) in [5.41, 5.74) is 5.21. The van der Waals surface area contributed by atoms with Gasteiger partial charge in [-0.1, -0.05) is 0 Å². The summed E-state index contributed by atoms with van der Waals surface area (Å²) in [6, 6.07) is 0.191. The number of hydrogen-bond acceptors (Lipinski definition) is 4. The van der Waals surface area contributed by atoms with Gasteiger partial charge in [0, 0.05) is 25.3 Å². The molecule has 1 heterocycles. The molecule has 94 valence electrons. The lowest BCUT2D eigenvalue weighted by molar-refractivity contribution is 0.576. The highest BCUT2D eigenvalue weighted by molar-refractivity contribution is 7.89. The Balaban J connectivity index is 0.00000225. The maximum atomic E-state index is 11.6. The molecule has 0 bridgehead atoms. The second-order valence-corrected chi connectivity index (χ2v) is 5.15. The molecule has 0 aliphatic carbocycles. The predicted molar refractivity (Wildman–Crippen MR) is 64.1 cm³/mol. The molecule has 16 heavy (non-hydrogen) atoms. The fourth-order valence-electron chi connectivity index (χ4n) is 1.01. The van der Waals surface area contributed by atoms with E-state index < -0.39 is 10.0 Å². The number of hydrogen-bond donors (Lipinski definition) is 2. The lowest BCUT2D eigenvalue weighted by Gasteiger charge is -2.04. The Morgan fingerprint density at radius 3 is 2.62 bits per heavy atom. The van der Waals surface area contributed by atoms with Crippen molar-refractivity contribution in [1.29, 1.82) is 0 Å². The van der Waals surface area contributed by atoms with Crippen molar-refractivity contribution >= 4 is 22.4 Å². The van der Waals surface area contributed by atoms with Crippen LogP contribution in [0, 0.1) is 0 Å². The van der Waals surface area contributed by atoms with Crippen LogP contribution in [0.4, 0.5) is 0 Å². The highest BCUT2D eigenvalue weighted by Crippen LogP contribution is 2.09. The van der Waals surface area contributed by atoms with Crippen LogP contribution in [0.15, 0.2) is 17.6 Å². The van der Waals surface area contributed by atoms with E-state index in [4.69, 9.17) is 5.73 Å². The topological polar surface area (TPSA) is 90.0 Å². The van der Waals surface area contributed by atoms with Crippen molar-refractivity contribution in [2.75, 3.05) is 13.1 Å². The molecule has 0 aliphatic rings. The Morgan fingerprint density at radius 2 is 2.19 bits per heavy atom. The first-order valence-corrected chi connectivity index (χ1v) is 6.19. The van der Waals surface area contributed by atoms with Crippen molar-refractivity contribution in [1.82, 2.24) is 14.3 Å². The van der Waals surface area contributed by atoms with E-state index in [1.54, 1.807) is 4.57 Å². The van der Waals surface area contributed by atoms with E-state index in [0.29, 0.717) is 0 Å². The van der Waals surface area contributed by atoms with Gasteiger partial charge >= 0.3 is 0 Å². The number of nitrogens with zero attached hydrogens (tertiary/aromatic N) is 2. The van der Waals surface area contributed by atoms with E-state index in [9.17, 15) is 8.42 Å². The van der Waals surface area contributed by atoms with Gasteiger partial charge in [-0.2, -0.15) is 0 Å². The third-order valence-corrected chi connectivity index (χ3v) is 3.23. The van der Waals surface area contributed by atoms with Crippen molar-refractivity contribution in [3.8, 4) is 0 Å². The molecule has 1 rings (SSSR count). The smallest absolute Gasteiger partial charge is 0.259 e. The van der Waals surface area contributed by atoms with Crippen molar-refractivity contribution in [2.24, 2.45) is 5.73 Å². The Hall–Kier alpha value is -0.630. The van der Waals surface area contributed by atoms with Gasteiger partial charge in [0.15, 0.2) is 5.03 Å². The van der Waals surface area contributed by atoms with Crippen LogP contribution in [0.25, 0.3) is 0 Å². The van der Waals surface area contributed by atoms with Crippen LogP contribution >= 0.6 is 12.4 Å². The van der Waals surface area contributed by atoms with Crippen molar-refractivity contribution in [2.45, 2.75) is 24.9 Å². The maximum Gasteiger partial charge on any atom is 0.259 e. The minimum absolute atomic E-state index is 0. The first-order chi connectivity index (χ1) is 6.97. The summed E-state index contributed by atoms with van der Waals surface area (Å²) >= 11 is 0. The summed E-state index contributed by atoms with van der Waals surface area (Å²) in [6.45, 7) is 4.39. The van der Waals surface area contributed by atoms with Crippen LogP contribution in [-0.4, -0.2) is 31.1 Å². The van der Waals surface area contributed by atoms with Gasteiger partial charge in [-0.25, -0.2) is 18.1 Å². The second kappa shape index (κ2) is 6.19. The molecule has 0 saturated carbocycles. The summed E-state index contributed by atoms with van der Waals surface area (Å²) in [5.74, 6) is 0. The number of imidazole rings is 1. The number of nitrogens with one attached hydrogen (secondary N) is 1. The number of aromatic nitrogens is 2. The molecule has 3 N–H and O–H groups in total. The highest BCUT2D eigenvalue weighted by Gasteiger charge is 2.16. The van der Waals surface area contributed by atoms with E-state index in [2.05, 4.69) is 9.71 Å². The molecule has 8 heteroatoms. The standard InChI is InChI=1S/C8H16N4O2S.ClH/c1-7(2)12-5-8(10-6-12)15(13,14)11-4-3-9;/h5-7,11H,3-4,9H2,1-2H3;1H. The molecule has 0 atom stereocenters. The Bertz CT molecular complexity index is 415. The fourth-order valence-corrected chi connectivity index (χ4v) is 1.99. The van der Waals surface area contributed by atoms with Crippen molar-refractivity contribution in [3.63, 3.8) is 0 Å². The predicted octanol–water partition coefficient (Wildman–Crippen LogP) is 0.123. The molecule has 0 fully saturated rings. The quantitative estimate of drug-likeness (QED) is 0.794. The van der Waals surface area contributed by atoms with Crippen LogP contribution in [-0.2, 0) is 10.0 Å². The van der Waals surface area contributed by atoms with E-state index in [1.807, 2.05) is 13.8 Å². The average molecular weight is 269 g/mol. The molecule has 1 aromatic heterocycles. The fraction of sp³-hybridized carbons (Fsp3) is 0.625. The van der Waals surface area contributed by atoms with Gasteiger partial charge in [-0.05, 0) is 13.8 Å². The first-order valence-electron chi connectivity index (χ1n) is 4.70. The number of halogens is 1. The first kappa shape index (κ1) is 15.4. The molecule has 6 nitrogen and oxygen atoms in total. The Labute approximate surface area is 102 Å². The van der Waals surface area contributed by atoms with Crippen LogP contribution in [0.5, 0.6) is 0 Å². The van der Waals surface area contributed by atoms with Gasteiger partial charge in [0.1, 0.15) is 0 Å². The molecular weight excluding hydrogens is 252 g/mol. The molecule has 0 unspecified atom stereocenters. The lowest BCUT2D eigenvalue weighted by Crippen LogP contribution is -2.29. The second-order valence-electron chi connectivity index (χ2n) is 3.44.